The van der Waals surface area contributed by atoms with Crippen LogP contribution in [-0.4, -0.2) is 39.3 Å². The van der Waals surface area contributed by atoms with Crippen LogP contribution in [0, 0.1) is 5.92 Å². The van der Waals surface area contributed by atoms with Crippen molar-refractivity contribution in [3.8, 4) is 28.2 Å². The van der Waals surface area contributed by atoms with Crippen LogP contribution in [-0.2, 0) is 19.5 Å². The van der Waals surface area contributed by atoms with Gasteiger partial charge < -0.3 is 4.57 Å². The fourth-order valence-electron chi connectivity index (χ4n) is 5.50. The molecule has 0 bridgehead atoms. The van der Waals surface area contributed by atoms with E-state index in [1.54, 1.807) is 16.7 Å². The van der Waals surface area contributed by atoms with Gasteiger partial charge in [-0.1, -0.05) is 93.9 Å². The molecule has 0 spiro atoms. The molecule has 10 nitrogen and oxygen atoms in total. The van der Waals surface area contributed by atoms with Gasteiger partial charge in [0.25, 0.3) is 5.56 Å². The topological polar surface area (TPSA) is 116 Å². The van der Waals surface area contributed by atoms with Crippen molar-refractivity contribution < 1.29 is 0 Å². The Morgan fingerprint density at radius 2 is 1.58 bits per heavy atom. The largest absolute Gasteiger partial charge is 0.337 e. The number of H-pyrrole nitrogens is 1. The Balaban J connectivity index is 1.48. The maximum absolute atomic E-state index is 14.1. The summed E-state index contributed by atoms with van der Waals surface area (Å²) < 4.78 is 4.95. The number of aromatic nitrogens is 8. The van der Waals surface area contributed by atoms with Gasteiger partial charge in [-0.15, -0.1) is 10.2 Å². The highest BCUT2D eigenvalue weighted by atomic mass is 16.2. The molecule has 0 unspecified atom stereocenters. The van der Waals surface area contributed by atoms with Crippen LogP contribution in [0.4, 0.5) is 0 Å². The lowest BCUT2D eigenvalue weighted by Gasteiger charge is -2.15. The molecule has 3 aromatic carbocycles. The summed E-state index contributed by atoms with van der Waals surface area (Å²) in [6, 6.07) is 25.3. The van der Waals surface area contributed by atoms with Crippen molar-refractivity contribution in [2.45, 2.75) is 53.1 Å². The van der Waals surface area contributed by atoms with Gasteiger partial charge >= 0.3 is 5.69 Å². The number of fused-ring (bicyclic) bond motifs is 1. The fourth-order valence-corrected chi connectivity index (χ4v) is 5.50. The van der Waals surface area contributed by atoms with Gasteiger partial charge in [0.15, 0.2) is 11.2 Å². The average molecular weight is 575 g/mol. The van der Waals surface area contributed by atoms with E-state index >= 15 is 0 Å². The lowest BCUT2D eigenvalue weighted by molar-refractivity contribution is 0.506. The molecule has 0 aliphatic carbocycles. The third-order valence-electron chi connectivity index (χ3n) is 7.55. The van der Waals surface area contributed by atoms with Crippen molar-refractivity contribution in [3.63, 3.8) is 0 Å². The number of unbranched alkanes of at least 4 members (excludes halogenated alkanes) is 1. The van der Waals surface area contributed by atoms with Crippen LogP contribution in [0.1, 0.15) is 45.0 Å². The Kier molecular flexibility index (Phi) is 7.83. The number of tetrazole rings is 1. The Labute approximate surface area is 248 Å². The second-order valence-corrected chi connectivity index (χ2v) is 11.1. The number of imidazole rings is 1. The van der Waals surface area contributed by atoms with Crippen LogP contribution >= 0.6 is 0 Å². The van der Waals surface area contributed by atoms with E-state index in [0.717, 1.165) is 40.9 Å². The van der Waals surface area contributed by atoms with Crippen LogP contribution < -0.4 is 11.2 Å². The third-order valence-corrected chi connectivity index (χ3v) is 7.55. The first-order valence-corrected chi connectivity index (χ1v) is 14.7. The van der Waals surface area contributed by atoms with Crippen molar-refractivity contribution >= 4 is 11.2 Å². The summed E-state index contributed by atoms with van der Waals surface area (Å²) in [5.41, 5.74) is 4.64. The highest BCUT2D eigenvalue weighted by Crippen LogP contribution is 2.30. The maximum Gasteiger partial charge on any atom is 0.337 e. The maximum atomic E-state index is 14.1. The molecule has 43 heavy (non-hydrogen) atoms. The summed E-state index contributed by atoms with van der Waals surface area (Å²) in [4.78, 5) is 32.9. The first-order valence-electron chi connectivity index (χ1n) is 14.7. The van der Waals surface area contributed by atoms with E-state index in [0.29, 0.717) is 42.2 Å². The Morgan fingerprint density at radius 3 is 2.26 bits per heavy atom. The smallest absolute Gasteiger partial charge is 0.318 e. The van der Waals surface area contributed by atoms with Gasteiger partial charge in [-0.2, -0.15) is 5.21 Å². The first kappa shape index (κ1) is 28.0. The van der Waals surface area contributed by atoms with Gasteiger partial charge in [-0.3, -0.25) is 9.36 Å². The van der Waals surface area contributed by atoms with Crippen LogP contribution in [0.15, 0.2) is 88.5 Å². The number of nitrogens with zero attached hydrogens (tertiary/aromatic N) is 7. The molecule has 218 valence electrons. The standard InChI is InChI=1S/C33H34N8O2/c1-4-5-15-28-34-31-29(32(42)41(25-11-7-6-8-12-25)33(43)40(31)20-22(2)3)39(28)21-23-16-18-24(19-17-23)26-13-9-10-14-27(26)30-35-37-38-36-30/h6-14,16-19,22H,4-5,15,20-21H2,1-3H3,(H,35,36,37,38). The number of rotatable bonds is 10. The fraction of sp³-hybridized carbons (Fsp3) is 0.273. The zero-order chi connectivity index (χ0) is 29.9. The van der Waals surface area contributed by atoms with Gasteiger partial charge in [-0.25, -0.2) is 14.3 Å². The number of aromatic amines is 1. The van der Waals surface area contributed by atoms with Crippen LogP contribution in [0.3, 0.4) is 0 Å². The molecule has 3 heterocycles. The molecule has 0 aliphatic rings. The van der Waals surface area contributed by atoms with E-state index in [-0.39, 0.29) is 17.2 Å². The first-order chi connectivity index (χ1) is 21.0. The Bertz CT molecular complexity index is 1970. The summed E-state index contributed by atoms with van der Waals surface area (Å²) in [7, 11) is 0. The van der Waals surface area contributed by atoms with E-state index < -0.39 is 0 Å². The molecule has 0 saturated carbocycles. The van der Waals surface area contributed by atoms with E-state index in [2.05, 4.69) is 65.7 Å². The monoisotopic (exact) mass is 574 g/mol. The number of nitrogens with one attached hydrogen (secondary N) is 1. The van der Waals surface area contributed by atoms with Gasteiger partial charge in [0.2, 0.25) is 5.82 Å². The summed E-state index contributed by atoms with van der Waals surface area (Å²) in [6.45, 7) is 7.16. The molecular formula is C33H34N8O2. The van der Waals surface area contributed by atoms with Gasteiger partial charge in [0.05, 0.1) is 5.69 Å². The molecule has 1 N–H and O–H groups in total. The number of hydrogen-bond acceptors (Lipinski definition) is 6. The number of para-hydroxylation sites is 1. The van der Waals surface area contributed by atoms with Crippen LogP contribution in [0.2, 0.25) is 0 Å². The molecule has 0 amide bonds. The summed E-state index contributed by atoms with van der Waals surface area (Å²) in [5, 5.41) is 14.6. The predicted octanol–water partition coefficient (Wildman–Crippen LogP) is 5.24. The molecule has 0 aliphatic heterocycles. The number of benzene rings is 3. The molecule has 0 atom stereocenters. The van der Waals surface area contributed by atoms with E-state index in [1.807, 2.05) is 47.0 Å². The second-order valence-electron chi connectivity index (χ2n) is 11.1. The third kappa shape index (κ3) is 5.43. The van der Waals surface area contributed by atoms with Gasteiger partial charge in [-0.05, 0) is 46.4 Å². The number of aryl methyl sites for hydroxylation is 1. The lowest BCUT2D eigenvalue weighted by atomic mass is 9.98. The van der Waals surface area contributed by atoms with E-state index in [4.69, 9.17) is 4.98 Å². The van der Waals surface area contributed by atoms with Crippen molar-refractivity contribution in [1.82, 2.24) is 39.3 Å². The van der Waals surface area contributed by atoms with Gasteiger partial charge in [0, 0.05) is 25.1 Å². The molecule has 0 fully saturated rings. The quantitative estimate of drug-likeness (QED) is 0.239. The Hall–Kier alpha value is -5.12. The minimum Gasteiger partial charge on any atom is -0.318 e. The summed E-state index contributed by atoms with van der Waals surface area (Å²) in [6.07, 6.45) is 2.63. The lowest BCUT2D eigenvalue weighted by Crippen LogP contribution is -2.40. The number of hydrogen-bond donors (Lipinski definition) is 1. The van der Waals surface area contributed by atoms with Crippen molar-refractivity contribution in [3.05, 3.63) is 111 Å². The molecule has 3 aromatic heterocycles. The van der Waals surface area contributed by atoms with Crippen molar-refractivity contribution in [2.24, 2.45) is 5.92 Å². The predicted molar refractivity (Wildman–Crippen MR) is 167 cm³/mol. The van der Waals surface area contributed by atoms with Crippen LogP contribution in [0.25, 0.3) is 39.4 Å². The Morgan fingerprint density at radius 1 is 0.860 bits per heavy atom. The van der Waals surface area contributed by atoms with Crippen molar-refractivity contribution in [1.29, 1.82) is 0 Å². The zero-order valence-electron chi connectivity index (χ0n) is 24.6. The molecular weight excluding hydrogens is 540 g/mol. The average Bonchev–Trinajstić information content (AvgIpc) is 3.68. The zero-order valence-corrected chi connectivity index (χ0v) is 24.6. The van der Waals surface area contributed by atoms with E-state index in [1.165, 1.54) is 4.57 Å². The van der Waals surface area contributed by atoms with Gasteiger partial charge in [0.1, 0.15) is 5.82 Å². The molecule has 10 heteroatoms. The van der Waals surface area contributed by atoms with Crippen LogP contribution in [0.5, 0.6) is 0 Å². The minimum atomic E-state index is -0.367. The normalized spacial score (nSPS) is 11.5. The second kappa shape index (κ2) is 12.0. The SMILES string of the molecule is CCCCc1nc2c(c(=O)n(-c3ccccc3)c(=O)n2CC(C)C)n1Cc1ccc(-c2ccccc2-c2nn[nH]n2)cc1. The summed E-state index contributed by atoms with van der Waals surface area (Å²) >= 11 is 0. The highest BCUT2D eigenvalue weighted by molar-refractivity contribution is 5.80. The minimum absolute atomic E-state index is 0.190. The molecule has 6 aromatic rings. The molecule has 6 rings (SSSR count). The summed E-state index contributed by atoms with van der Waals surface area (Å²) in [5.74, 6) is 1.53. The molecule has 0 radical (unpaired) electrons. The van der Waals surface area contributed by atoms with Crippen molar-refractivity contribution in [2.75, 3.05) is 0 Å². The highest BCUT2D eigenvalue weighted by Gasteiger charge is 2.23. The molecule has 0 saturated heterocycles. The van der Waals surface area contributed by atoms with E-state index in [9.17, 15) is 9.59 Å².